The van der Waals surface area contributed by atoms with Crippen molar-refractivity contribution in [3.63, 3.8) is 0 Å². The quantitative estimate of drug-likeness (QED) is 0.851. The highest BCUT2D eigenvalue weighted by Gasteiger charge is 2.09. The molecule has 0 spiro atoms. The normalized spacial score (nSPS) is 12.5. The first-order chi connectivity index (χ1) is 8.28. The minimum Gasteiger partial charge on any atom is -0.508 e. The Morgan fingerprint density at radius 3 is 2.76 bits per heavy atom. The van der Waals surface area contributed by atoms with Crippen molar-refractivity contribution < 1.29 is 5.11 Å². The number of hydrogen-bond acceptors (Lipinski definition) is 3. The van der Waals surface area contributed by atoms with E-state index in [0.29, 0.717) is 11.8 Å². The summed E-state index contributed by atoms with van der Waals surface area (Å²) in [6.07, 6.45) is 1.96. The van der Waals surface area contributed by atoms with Crippen molar-refractivity contribution in [2.24, 2.45) is 0 Å². The third-order valence-corrected chi connectivity index (χ3v) is 3.73. The number of nitrogens with one attached hydrogen (secondary N) is 1. The van der Waals surface area contributed by atoms with Crippen molar-refractivity contribution in [3.05, 3.63) is 52.2 Å². The van der Waals surface area contributed by atoms with Gasteiger partial charge in [0.25, 0.3) is 0 Å². The SMILES string of the molecule is CNC(Cc1cccc(O)c1)Cc1cccs1. The average molecular weight is 247 g/mol. The summed E-state index contributed by atoms with van der Waals surface area (Å²) in [5.41, 5.74) is 1.17. The Balaban J connectivity index is 2.00. The number of aromatic hydroxyl groups is 1. The molecule has 0 saturated carbocycles. The first-order valence-corrected chi connectivity index (χ1v) is 6.63. The first kappa shape index (κ1) is 12.1. The van der Waals surface area contributed by atoms with E-state index in [1.165, 1.54) is 10.4 Å². The van der Waals surface area contributed by atoms with E-state index in [4.69, 9.17) is 0 Å². The molecular formula is C14H17NOS. The van der Waals surface area contributed by atoms with Gasteiger partial charge in [0.05, 0.1) is 0 Å². The fourth-order valence-corrected chi connectivity index (χ4v) is 2.70. The summed E-state index contributed by atoms with van der Waals surface area (Å²) in [7, 11) is 1.99. The maximum atomic E-state index is 9.44. The van der Waals surface area contributed by atoms with Crippen LogP contribution in [0.1, 0.15) is 10.4 Å². The van der Waals surface area contributed by atoms with Crippen LogP contribution in [-0.2, 0) is 12.8 Å². The van der Waals surface area contributed by atoms with Gasteiger partial charge in [-0.3, -0.25) is 0 Å². The molecule has 1 aromatic heterocycles. The molecule has 0 aliphatic carbocycles. The molecule has 2 nitrogen and oxygen atoms in total. The van der Waals surface area contributed by atoms with Gasteiger partial charge in [0, 0.05) is 10.9 Å². The van der Waals surface area contributed by atoms with Gasteiger partial charge in [-0.25, -0.2) is 0 Å². The van der Waals surface area contributed by atoms with Crippen LogP contribution in [0.25, 0.3) is 0 Å². The van der Waals surface area contributed by atoms with Crippen molar-refractivity contribution in [1.29, 1.82) is 0 Å². The molecule has 17 heavy (non-hydrogen) atoms. The third-order valence-electron chi connectivity index (χ3n) is 2.83. The van der Waals surface area contributed by atoms with E-state index < -0.39 is 0 Å². The summed E-state index contributed by atoms with van der Waals surface area (Å²) < 4.78 is 0. The summed E-state index contributed by atoms with van der Waals surface area (Å²) in [5, 5.41) is 14.9. The van der Waals surface area contributed by atoms with Gasteiger partial charge in [0.15, 0.2) is 0 Å². The molecule has 0 radical (unpaired) electrons. The Morgan fingerprint density at radius 2 is 2.12 bits per heavy atom. The lowest BCUT2D eigenvalue weighted by Gasteiger charge is -2.15. The highest BCUT2D eigenvalue weighted by molar-refractivity contribution is 7.09. The molecule has 3 heteroatoms. The van der Waals surface area contributed by atoms with E-state index in [-0.39, 0.29) is 0 Å². The molecular weight excluding hydrogens is 230 g/mol. The summed E-state index contributed by atoms with van der Waals surface area (Å²) in [6, 6.07) is 12.1. The maximum Gasteiger partial charge on any atom is 0.115 e. The molecule has 2 N–H and O–H groups in total. The molecule has 1 unspecified atom stereocenters. The molecule has 1 heterocycles. The van der Waals surface area contributed by atoms with E-state index in [1.807, 2.05) is 19.2 Å². The molecule has 0 amide bonds. The molecule has 1 aromatic carbocycles. The van der Waals surface area contributed by atoms with Crippen LogP contribution in [-0.4, -0.2) is 18.2 Å². The zero-order chi connectivity index (χ0) is 12.1. The van der Waals surface area contributed by atoms with Crippen LogP contribution in [0.4, 0.5) is 0 Å². The number of phenolic OH excluding ortho intramolecular Hbond substituents is 1. The van der Waals surface area contributed by atoms with Crippen LogP contribution in [0.15, 0.2) is 41.8 Å². The van der Waals surface area contributed by atoms with Gasteiger partial charge in [-0.2, -0.15) is 0 Å². The van der Waals surface area contributed by atoms with Crippen LogP contribution in [0, 0.1) is 0 Å². The van der Waals surface area contributed by atoms with E-state index in [9.17, 15) is 5.11 Å². The topological polar surface area (TPSA) is 32.3 Å². The van der Waals surface area contributed by atoms with Gasteiger partial charge in [0.1, 0.15) is 5.75 Å². The van der Waals surface area contributed by atoms with Crippen LogP contribution in [0.3, 0.4) is 0 Å². The van der Waals surface area contributed by atoms with Crippen molar-refractivity contribution in [3.8, 4) is 5.75 Å². The number of thiophene rings is 1. The summed E-state index contributed by atoms with van der Waals surface area (Å²) in [5.74, 6) is 0.341. The number of benzene rings is 1. The van der Waals surface area contributed by atoms with Gasteiger partial charge in [-0.05, 0) is 49.0 Å². The molecule has 0 aliphatic heterocycles. The molecule has 0 fully saturated rings. The molecule has 2 aromatic rings. The predicted molar refractivity (Wildman–Crippen MR) is 72.7 cm³/mol. The number of rotatable bonds is 5. The average Bonchev–Trinajstić information content (AvgIpc) is 2.81. The van der Waals surface area contributed by atoms with Crippen LogP contribution < -0.4 is 5.32 Å². The molecule has 2 rings (SSSR count). The fraction of sp³-hybridized carbons (Fsp3) is 0.286. The zero-order valence-electron chi connectivity index (χ0n) is 9.89. The molecule has 0 saturated heterocycles. The summed E-state index contributed by atoms with van der Waals surface area (Å²) >= 11 is 1.79. The zero-order valence-corrected chi connectivity index (χ0v) is 10.7. The second-order valence-corrected chi connectivity index (χ2v) is 5.18. The van der Waals surface area contributed by atoms with E-state index in [1.54, 1.807) is 17.4 Å². The van der Waals surface area contributed by atoms with Crippen LogP contribution in [0.2, 0.25) is 0 Å². The van der Waals surface area contributed by atoms with Crippen molar-refractivity contribution >= 4 is 11.3 Å². The Morgan fingerprint density at radius 1 is 1.24 bits per heavy atom. The Kier molecular flexibility index (Phi) is 4.18. The number of phenols is 1. The molecule has 0 aliphatic rings. The van der Waals surface area contributed by atoms with Gasteiger partial charge >= 0.3 is 0 Å². The summed E-state index contributed by atoms with van der Waals surface area (Å²) in [6.45, 7) is 0. The van der Waals surface area contributed by atoms with Gasteiger partial charge in [-0.15, -0.1) is 11.3 Å². The Hall–Kier alpha value is -1.32. The number of hydrogen-bond donors (Lipinski definition) is 2. The van der Waals surface area contributed by atoms with Crippen molar-refractivity contribution in [1.82, 2.24) is 5.32 Å². The standard InChI is InChI=1S/C14H17NOS/c1-15-12(10-14-6-3-7-17-14)8-11-4-2-5-13(16)9-11/h2-7,9,12,15-16H,8,10H2,1H3. The second kappa shape index (κ2) is 5.84. The van der Waals surface area contributed by atoms with E-state index in [0.717, 1.165) is 12.8 Å². The maximum absolute atomic E-state index is 9.44. The molecule has 90 valence electrons. The minimum atomic E-state index is 0.341. The minimum absolute atomic E-state index is 0.341. The van der Waals surface area contributed by atoms with Gasteiger partial charge in [0.2, 0.25) is 0 Å². The first-order valence-electron chi connectivity index (χ1n) is 5.75. The Bertz CT molecular complexity index is 453. The highest BCUT2D eigenvalue weighted by Crippen LogP contribution is 2.16. The Labute approximate surface area is 106 Å². The lowest BCUT2D eigenvalue weighted by atomic mass is 10.0. The smallest absolute Gasteiger partial charge is 0.115 e. The lowest BCUT2D eigenvalue weighted by Crippen LogP contribution is -2.29. The second-order valence-electron chi connectivity index (χ2n) is 4.14. The van der Waals surface area contributed by atoms with E-state index >= 15 is 0 Å². The van der Waals surface area contributed by atoms with E-state index in [2.05, 4.69) is 28.9 Å². The molecule has 0 bridgehead atoms. The lowest BCUT2D eigenvalue weighted by molar-refractivity contribution is 0.473. The van der Waals surface area contributed by atoms with Gasteiger partial charge < -0.3 is 10.4 Å². The fourth-order valence-electron chi connectivity index (χ4n) is 1.92. The highest BCUT2D eigenvalue weighted by atomic mass is 32.1. The van der Waals surface area contributed by atoms with Crippen LogP contribution in [0.5, 0.6) is 5.75 Å². The summed E-state index contributed by atoms with van der Waals surface area (Å²) in [4.78, 5) is 1.39. The van der Waals surface area contributed by atoms with Crippen LogP contribution >= 0.6 is 11.3 Å². The third kappa shape index (κ3) is 3.58. The number of likely N-dealkylation sites (N-methyl/N-ethyl adjacent to an activating group) is 1. The largest absolute Gasteiger partial charge is 0.508 e. The van der Waals surface area contributed by atoms with Gasteiger partial charge in [-0.1, -0.05) is 18.2 Å². The van der Waals surface area contributed by atoms with Crippen molar-refractivity contribution in [2.75, 3.05) is 7.05 Å². The van der Waals surface area contributed by atoms with Crippen molar-refractivity contribution in [2.45, 2.75) is 18.9 Å². The predicted octanol–water partition coefficient (Wildman–Crippen LogP) is 2.83. The molecule has 1 atom stereocenters. The monoisotopic (exact) mass is 247 g/mol.